The average molecular weight is 329 g/mol. The molecule has 0 aliphatic rings. The zero-order valence-corrected chi connectivity index (χ0v) is 14.7. The third-order valence-corrected chi connectivity index (χ3v) is 4.76. The Hall–Kier alpha value is -2.08. The van der Waals surface area contributed by atoms with Gasteiger partial charge in [0.1, 0.15) is 5.76 Å². The molecule has 0 spiro atoms. The lowest BCUT2D eigenvalue weighted by molar-refractivity contribution is 0.428. The smallest absolute Gasteiger partial charge is 0.256 e. The molecule has 5 nitrogen and oxygen atoms in total. The van der Waals surface area contributed by atoms with E-state index in [2.05, 4.69) is 41.2 Å². The highest BCUT2D eigenvalue weighted by Gasteiger charge is 2.19. The first-order chi connectivity index (χ1) is 10.9. The van der Waals surface area contributed by atoms with Crippen LogP contribution in [-0.2, 0) is 0 Å². The van der Waals surface area contributed by atoms with Gasteiger partial charge in [-0.2, -0.15) is 0 Å². The Balaban J connectivity index is 1.79. The predicted octanol–water partition coefficient (Wildman–Crippen LogP) is 4.81. The van der Waals surface area contributed by atoms with Crippen LogP contribution >= 0.6 is 11.8 Å². The summed E-state index contributed by atoms with van der Waals surface area (Å²) in [6.45, 7) is 9.98. The Morgan fingerprint density at radius 3 is 2.43 bits per heavy atom. The van der Waals surface area contributed by atoms with Crippen LogP contribution < -0.4 is 0 Å². The summed E-state index contributed by atoms with van der Waals surface area (Å²) in [5, 5.41) is 8.92. The van der Waals surface area contributed by atoms with Crippen molar-refractivity contribution in [2.24, 2.45) is 0 Å². The van der Waals surface area contributed by atoms with Crippen LogP contribution in [0.2, 0.25) is 0 Å². The molecule has 0 aliphatic heterocycles. The Labute approximate surface area is 139 Å². The quantitative estimate of drug-likeness (QED) is 0.640. The summed E-state index contributed by atoms with van der Waals surface area (Å²) in [6.07, 6.45) is 0. The van der Waals surface area contributed by atoms with Gasteiger partial charge in [0.25, 0.3) is 5.22 Å². The minimum atomic E-state index is -0.0276. The molecule has 2 aromatic heterocycles. The number of oxazole rings is 1. The second-order valence-electron chi connectivity index (χ2n) is 5.63. The molecule has 2 heterocycles. The Kier molecular flexibility index (Phi) is 4.26. The van der Waals surface area contributed by atoms with Crippen molar-refractivity contribution < 1.29 is 8.83 Å². The largest absolute Gasteiger partial charge is 0.437 e. The molecule has 0 radical (unpaired) electrons. The van der Waals surface area contributed by atoms with E-state index in [4.69, 9.17) is 8.83 Å². The van der Waals surface area contributed by atoms with E-state index < -0.39 is 0 Å². The molecule has 0 bridgehead atoms. The van der Waals surface area contributed by atoms with Gasteiger partial charge >= 0.3 is 0 Å². The summed E-state index contributed by atoms with van der Waals surface area (Å²) >= 11 is 1.47. The fourth-order valence-electron chi connectivity index (χ4n) is 2.09. The molecular formula is C17H19N3O2S. The molecule has 0 N–H and O–H groups in total. The summed E-state index contributed by atoms with van der Waals surface area (Å²) in [5.74, 6) is 1.94. The van der Waals surface area contributed by atoms with Gasteiger partial charge in [0.05, 0.1) is 10.9 Å². The van der Waals surface area contributed by atoms with Crippen molar-refractivity contribution in [1.29, 1.82) is 0 Å². The Bertz CT molecular complexity index is 819. The van der Waals surface area contributed by atoms with Crippen molar-refractivity contribution in [2.45, 2.75) is 45.1 Å². The van der Waals surface area contributed by atoms with Crippen molar-refractivity contribution in [3.05, 3.63) is 46.7 Å². The first kappa shape index (κ1) is 15.8. The van der Waals surface area contributed by atoms with Crippen molar-refractivity contribution >= 4 is 11.8 Å². The highest BCUT2D eigenvalue weighted by atomic mass is 32.2. The van der Waals surface area contributed by atoms with Crippen LogP contribution in [0.1, 0.15) is 40.6 Å². The van der Waals surface area contributed by atoms with Crippen molar-refractivity contribution in [3.63, 3.8) is 0 Å². The van der Waals surface area contributed by atoms with E-state index >= 15 is 0 Å². The molecule has 1 aromatic carbocycles. The molecule has 0 fully saturated rings. The molecule has 0 amide bonds. The Morgan fingerprint density at radius 1 is 1.00 bits per heavy atom. The second-order valence-corrected chi connectivity index (χ2v) is 6.92. The SMILES string of the molecule is Cc1ccc(-c2nnc([C@H](C)Sc3nc(C)c(C)o3)o2)cc1C. The molecule has 3 aromatic rings. The Morgan fingerprint density at radius 2 is 1.78 bits per heavy atom. The summed E-state index contributed by atoms with van der Waals surface area (Å²) in [7, 11) is 0. The van der Waals surface area contributed by atoms with Gasteiger partial charge in [-0.25, -0.2) is 4.98 Å². The van der Waals surface area contributed by atoms with E-state index in [1.807, 2.05) is 26.8 Å². The summed E-state index contributed by atoms with van der Waals surface area (Å²) < 4.78 is 11.4. The molecule has 6 heteroatoms. The van der Waals surface area contributed by atoms with Crippen LogP contribution in [0.5, 0.6) is 0 Å². The summed E-state index contributed by atoms with van der Waals surface area (Å²) in [4.78, 5) is 4.37. The molecular weight excluding hydrogens is 310 g/mol. The van der Waals surface area contributed by atoms with Gasteiger partial charge in [-0.05, 0) is 57.9 Å². The minimum absolute atomic E-state index is 0.0276. The topological polar surface area (TPSA) is 65.0 Å². The van der Waals surface area contributed by atoms with Gasteiger partial charge in [0.2, 0.25) is 11.8 Å². The molecule has 0 saturated heterocycles. The minimum Gasteiger partial charge on any atom is -0.437 e. The van der Waals surface area contributed by atoms with Crippen LogP contribution in [0.3, 0.4) is 0 Å². The van der Waals surface area contributed by atoms with Gasteiger partial charge in [0.15, 0.2) is 0 Å². The number of nitrogens with zero attached hydrogens (tertiary/aromatic N) is 3. The van der Waals surface area contributed by atoms with Gasteiger partial charge < -0.3 is 8.83 Å². The monoisotopic (exact) mass is 329 g/mol. The number of aryl methyl sites for hydroxylation is 4. The fourth-order valence-corrected chi connectivity index (χ4v) is 2.95. The number of aromatic nitrogens is 3. The van der Waals surface area contributed by atoms with Crippen LogP contribution in [-0.4, -0.2) is 15.2 Å². The first-order valence-corrected chi connectivity index (χ1v) is 8.33. The van der Waals surface area contributed by atoms with E-state index in [1.54, 1.807) is 0 Å². The lowest BCUT2D eigenvalue weighted by atomic mass is 10.1. The molecule has 23 heavy (non-hydrogen) atoms. The third-order valence-electron chi connectivity index (χ3n) is 3.83. The highest BCUT2D eigenvalue weighted by molar-refractivity contribution is 7.99. The lowest BCUT2D eigenvalue weighted by Crippen LogP contribution is -1.88. The third kappa shape index (κ3) is 3.32. The van der Waals surface area contributed by atoms with Gasteiger partial charge in [-0.1, -0.05) is 17.8 Å². The van der Waals surface area contributed by atoms with Crippen LogP contribution in [0.4, 0.5) is 0 Å². The molecule has 0 unspecified atom stereocenters. The van der Waals surface area contributed by atoms with Crippen molar-refractivity contribution in [2.75, 3.05) is 0 Å². The van der Waals surface area contributed by atoms with E-state index in [1.165, 1.54) is 22.9 Å². The summed E-state index contributed by atoms with van der Waals surface area (Å²) in [6, 6.07) is 6.12. The van der Waals surface area contributed by atoms with Crippen molar-refractivity contribution in [1.82, 2.24) is 15.2 Å². The number of rotatable bonds is 4. The maximum Gasteiger partial charge on any atom is 0.256 e. The zero-order valence-electron chi connectivity index (χ0n) is 13.9. The molecule has 3 rings (SSSR count). The molecule has 0 saturated carbocycles. The normalized spacial score (nSPS) is 12.6. The number of hydrogen-bond donors (Lipinski definition) is 0. The second kappa shape index (κ2) is 6.20. The van der Waals surface area contributed by atoms with Crippen LogP contribution in [0.15, 0.2) is 32.3 Å². The lowest BCUT2D eigenvalue weighted by Gasteiger charge is -2.03. The van der Waals surface area contributed by atoms with E-state index in [0.29, 0.717) is 17.0 Å². The highest BCUT2D eigenvalue weighted by Crippen LogP contribution is 2.35. The maximum atomic E-state index is 5.82. The van der Waals surface area contributed by atoms with Gasteiger partial charge in [0, 0.05) is 5.56 Å². The van der Waals surface area contributed by atoms with Crippen LogP contribution in [0, 0.1) is 27.7 Å². The van der Waals surface area contributed by atoms with Crippen molar-refractivity contribution in [3.8, 4) is 11.5 Å². The zero-order chi connectivity index (χ0) is 16.6. The van der Waals surface area contributed by atoms with Crippen LogP contribution in [0.25, 0.3) is 11.5 Å². The van der Waals surface area contributed by atoms with E-state index in [-0.39, 0.29) is 5.25 Å². The van der Waals surface area contributed by atoms with E-state index in [9.17, 15) is 0 Å². The molecule has 120 valence electrons. The maximum absolute atomic E-state index is 5.82. The van der Waals surface area contributed by atoms with Gasteiger partial charge in [-0.3, -0.25) is 0 Å². The van der Waals surface area contributed by atoms with E-state index in [0.717, 1.165) is 17.0 Å². The number of hydrogen-bond acceptors (Lipinski definition) is 6. The average Bonchev–Trinajstić information content (AvgIpc) is 3.10. The number of benzene rings is 1. The standard InChI is InChI=1S/C17H19N3O2S/c1-9-6-7-14(8-10(9)2)16-20-19-15(22-16)13(5)23-17-18-11(3)12(4)21-17/h6-8,13H,1-5H3/t13-/m0/s1. The predicted molar refractivity (Wildman–Crippen MR) is 89.5 cm³/mol. The fraction of sp³-hybridized carbons (Fsp3) is 0.353. The number of thioether (sulfide) groups is 1. The van der Waals surface area contributed by atoms with Gasteiger partial charge in [-0.15, -0.1) is 10.2 Å². The first-order valence-electron chi connectivity index (χ1n) is 7.45. The molecule has 0 aliphatic carbocycles. The summed E-state index contributed by atoms with van der Waals surface area (Å²) in [5.41, 5.74) is 4.29. The molecule has 1 atom stereocenters.